The number of hydrogen-bond donors (Lipinski definition) is 1. The van der Waals surface area contributed by atoms with Crippen molar-refractivity contribution in [3.63, 3.8) is 0 Å². The van der Waals surface area contributed by atoms with E-state index in [1.54, 1.807) is 0 Å². The van der Waals surface area contributed by atoms with Crippen molar-refractivity contribution in [2.75, 3.05) is 6.61 Å². The van der Waals surface area contributed by atoms with Crippen molar-refractivity contribution in [1.82, 2.24) is 0 Å². The van der Waals surface area contributed by atoms with E-state index in [1.807, 2.05) is 6.07 Å². The molecule has 106 valence electrons. The fourth-order valence-corrected chi connectivity index (χ4v) is 2.96. The molecule has 1 aliphatic carbocycles. The van der Waals surface area contributed by atoms with Gasteiger partial charge in [-0.3, -0.25) is 0 Å². The lowest BCUT2D eigenvalue weighted by atomic mass is 9.87. The second kappa shape index (κ2) is 5.54. The van der Waals surface area contributed by atoms with Gasteiger partial charge in [-0.05, 0) is 47.8 Å². The number of hydrogen-bond acceptors (Lipinski definition) is 2. The number of ether oxygens (including phenoxy) is 1. The summed E-state index contributed by atoms with van der Waals surface area (Å²) >= 11 is 0. The van der Waals surface area contributed by atoms with E-state index in [0.29, 0.717) is 12.5 Å². The molecule has 1 atom stereocenters. The van der Waals surface area contributed by atoms with Crippen molar-refractivity contribution >= 4 is 0 Å². The molecule has 2 nitrogen and oxygen atoms in total. The predicted octanol–water partition coefficient (Wildman–Crippen LogP) is 3.70. The van der Waals surface area contributed by atoms with Gasteiger partial charge in [0, 0.05) is 0 Å². The lowest BCUT2D eigenvalue weighted by molar-refractivity contribution is 0.0888. The molecule has 1 aliphatic rings. The van der Waals surface area contributed by atoms with Crippen LogP contribution in [0.3, 0.4) is 0 Å². The molecule has 0 bridgehead atoms. The van der Waals surface area contributed by atoms with Crippen LogP contribution in [0, 0.1) is 5.92 Å². The number of benzene rings is 1. The van der Waals surface area contributed by atoms with E-state index >= 15 is 0 Å². The van der Waals surface area contributed by atoms with E-state index in [9.17, 15) is 5.11 Å². The number of aliphatic hydroxyl groups is 1. The van der Waals surface area contributed by atoms with Crippen LogP contribution in [0.15, 0.2) is 18.2 Å². The highest BCUT2D eigenvalue weighted by Crippen LogP contribution is 2.42. The van der Waals surface area contributed by atoms with Crippen LogP contribution in [0.25, 0.3) is 0 Å². The SMILES string of the molecule is CC(C)CC(O)COc1cccc2c1CCC2(C)C. The summed E-state index contributed by atoms with van der Waals surface area (Å²) in [5.41, 5.74) is 3.00. The van der Waals surface area contributed by atoms with Gasteiger partial charge >= 0.3 is 0 Å². The predicted molar refractivity (Wildman–Crippen MR) is 78.7 cm³/mol. The molecule has 1 aromatic carbocycles. The van der Waals surface area contributed by atoms with Crippen LogP contribution in [0.5, 0.6) is 5.75 Å². The molecule has 1 N–H and O–H groups in total. The molecular formula is C17H26O2. The molecule has 1 unspecified atom stereocenters. The zero-order valence-electron chi connectivity index (χ0n) is 12.6. The minimum absolute atomic E-state index is 0.255. The molecule has 0 fully saturated rings. The van der Waals surface area contributed by atoms with E-state index in [0.717, 1.165) is 18.6 Å². The van der Waals surface area contributed by atoms with E-state index in [2.05, 4.69) is 39.8 Å². The summed E-state index contributed by atoms with van der Waals surface area (Å²) in [7, 11) is 0. The highest BCUT2D eigenvalue weighted by Gasteiger charge is 2.31. The Labute approximate surface area is 116 Å². The molecule has 0 heterocycles. The fraction of sp³-hybridized carbons (Fsp3) is 0.647. The Balaban J connectivity index is 2.05. The first-order chi connectivity index (χ1) is 8.90. The Morgan fingerprint density at radius 1 is 1.32 bits per heavy atom. The number of fused-ring (bicyclic) bond motifs is 1. The smallest absolute Gasteiger partial charge is 0.122 e. The van der Waals surface area contributed by atoms with Gasteiger partial charge in [0.25, 0.3) is 0 Å². The monoisotopic (exact) mass is 262 g/mol. The topological polar surface area (TPSA) is 29.5 Å². The summed E-state index contributed by atoms with van der Waals surface area (Å²) in [5.74, 6) is 1.46. The first-order valence-electron chi connectivity index (χ1n) is 7.33. The van der Waals surface area contributed by atoms with E-state index in [4.69, 9.17) is 4.74 Å². The molecule has 0 spiro atoms. The Bertz CT molecular complexity index is 435. The van der Waals surface area contributed by atoms with Crippen LogP contribution in [0.2, 0.25) is 0 Å². The maximum Gasteiger partial charge on any atom is 0.122 e. The van der Waals surface area contributed by atoms with Crippen LogP contribution in [-0.2, 0) is 11.8 Å². The molecule has 1 aromatic rings. The van der Waals surface area contributed by atoms with Crippen LogP contribution < -0.4 is 4.74 Å². The maximum absolute atomic E-state index is 9.91. The van der Waals surface area contributed by atoms with Crippen molar-refractivity contribution in [2.24, 2.45) is 5.92 Å². The molecule has 0 saturated heterocycles. The highest BCUT2D eigenvalue weighted by molar-refractivity contribution is 5.47. The van der Waals surface area contributed by atoms with Gasteiger partial charge in [0.05, 0.1) is 6.10 Å². The van der Waals surface area contributed by atoms with Gasteiger partial charge in [-0.2, -0.15) is 0 Å². The zero-order chi connectivity index (χ0) is 14.0. The quantitative estimate of drug-likeness (QED) is 0.877. The van der Waals surface area contributed by atoms with Crippen LogP contribution in [0.1, 0.15) is 51.7 Å². The Kier molecular flexibility index (Phi) is 4.19. The van der Waals surface area contributed by atoms with Crippen LogP contribution >= 0.6 is 0 Å². The Morgan fingerprint density at radius 2 is 2.05 bits per heavy atom. The molecule has 19 heavy (non-hydrogen) atoms. The first-order valence-corrected chi connectivity index (χ1v) is 7.33. The molecule has 2 rings (SSSR count). The molecular weight excluding hydrogens is 236 g/mol. The third kappa shape index (κ3) is 3.30. The second-order valence-corrected chi connectivity index (χ2v) is 6.76. The van der Waals surface area contributed by atoms with Crippen molar-refractivity contribution in [2.45, 2.75) is 58.5 Å². The molecule has 0 saturated carbocycles. The van der Waals surface area contributed by atoms with E-state index in [1.165, 1.54) is 17.5 Å². The minimum atomic E-state index is -0.370. The van der Waals surface area contributed by atoms with E-state index in [-0.39, 0.29) is 11.5 Å². The summed E-state index contributed by atoms with van der Waals surface area (Å²) in [4.78, 5) is 0. The standard InChI is InChI=1S/C17H26O2/c1-12(2)10-13(18)11-19-16-7-5-6-15-14(16)8-9-17(15,3)4/h5-7,12-13,18H,8-11H2,1-4H3. The molecule has 2 heteroatoms. The fourth-order valence-electron chi connectivity index (χ4n) is 2.96. The van der Waals surface area contributed by atoms with Crippen LogP contribution in [0.4, 0.5) is 0 Å². The lowest BCUT2D eigenvalue weighted by Gasteiger charge is -2.20. The van der Waals surface area contributed by atoms with Gasteiger partial charge in [-0.1, -0.05) is 39.8 Å². The minimum Gasteiger partial charge on any atom is -0.491 e. The molecule has 0 aliphatic heterocycles. The van der Waals surface area contributed by atoms with Crippen molar-refractivity contribution < 1.29 is 9.84 Å². The lowest BCUT2D eigenvalue weighted by Crippen LogP contribution is -2.20. The van der Waals surface area contributed by atoms with E-state index < -0.39 is 0 Å². The zero-order valence-corrected chi connectivity index (χ0v) is 12.6. The van der Waals surface area contributed by atoms with Gasteiger partial charge in [0.15, 0.2) is 0 Å². The van der Waals surface area contributed by atoms with Crippen molar-refractivity contribution in [3.8, 4) is 5.75 Å². The summed E-state index contributed by atoms with van der Waals surface area (Å²) in [6.45, 7) is 9.21. The molecule has 0 aromatic heterocycles. The Morgan fingerprint density at radius 3 is 2.74 bits per heavy atom. The summed E-state index contributed by atoms with van der Waals surface area (Å²) in [6.07, 6.45) is 2.68. The average molecular weight is 262 g/mol. The molecule has 0 amide bonds. The third-order valence-electron chi connectivity index (χ3n) is 4.04. The van der Waals surface area contributed by atoms with Gasteiger partial charge in [-0.15, -0.1) is 0 Å². The van der Waals surface area contributed by atoms with Crippen LogP contribution in [-0.4, -0.2) is 17.8 Å². The second-order valence-electron chi connectivity index (χ2n) is 6.76. The normalized spacial score (nSPS) is 18.4. The number of rotatable bonds is 5. The van der Waals surface area contributed by atoms with Gasteiger partial charge < -0.3 is 9.84 Å². The van der Waals surface area contributed by atoms with Crippen molar-refractivity contribution in [3.05, 3.63) is 29.3 Å². The third-order valence-corrected chi connectivity index (χ3v) is 4.04. The Hall–Kier alpha value is -1.02. The number of aliphatic hydroxyl groups excluding tert-OH is 1. The van der Waals surface area contributed by atoms with Gasteiger partial charge in [-0.25, -0.2) is 0 Å². The maximum atomic E-state index is 9.91. The van der Waals surface area contributed by atoms with Crippen molar-refractivity contribution in [1.29, 1.82) is 0 Å². The largest absolute Gasteiger partial charge is 0.491 e. The molecule has 0 radical (unpaired) electrons. The van der Waals surface area contributed by atoms with Gasteiger partial charge in [0.2, 0.25) is 0 Å². The van der Waals surface area contributed by atoms with Gasteiger partial charge in [0.1, 0.15) is 12.4 Å². The summed E-state index contributed by atoms with van der Waals surface area (Å²) in [6, 6.07) is 6.30. The summed E-state index contributed by atoms with van der Waals surface area (Å²) < 4.78 is 5.85. The average Bonchev–Trinajstić information content (AvgIpc) is 2.63. The highest BCUT2D eigenvalue weighted by atomic mass is 16.5. The summed E-state index contributed by atoms with van der Waals surface area (Å²) in [5, 5.41) is 9.91. The first kappa shape index (κ1) is 14.4.